The third-order valence-electron chi connectivity index (χ3n) is 3.06. The summed E-state index contributed by atoms with van der Waals surface area (Å²) in [4.78, 5) is 0. The van der Waals surface area contributed by atoms with Crippen molar-refractivity contribution in [2.75, 3.05) is 13.2 Å². The molecule has 0 spiro atoms. The molecule has 0 atom stereocenters. The topological polar surface area (TPSA) is 80.9 Å². The number of benzene rings is 1. The number of alkyl halides is 4. The first-order valence-electron chi connectivity index (χ1n) is 5.54. The maximum Gasteiger partial charge on any atom is 0.299 e. The van der Waals surface area contributed by atoms with Gasteiger partial charge in [0.1, 0.15) is 24.7 Å². The van der Waals surface area contributed by atoms with E-state index in [0.717, 1.165) is 13.8 Å². The Kier molecular flexibility index (Phi) is 4.21. The molecule has 0 aromatic heterocycles. The van der Waals surface area contributed by atoms with Crippen LogP contribution in [0.4, 0.5) is 17.6 Å². The van der Waals surface area contributed by atoms with Crippen molar-refractivity contribution in [1.82, 2.24) is 0 Å². The molecule has 0 radical (unpaired) electrons. The van der Waals surface area contributed by atoms with Gasteiger partial charge in [-0.1, -0.05) is 0 Å². The van der Waals surface area contributed by atoms with Crippen LogP contribution in [0.15, 0.2) is 0 Å². The predicted octanol–water partition coefficient (Wildman–Crippen LogP) is 1.88. The van der Waals surface area contributed by atoms with Gasteiger partial charge in [0.15, 0.2) is 0 Å². The number of halogens is 4. The largest absolute Gasteiger partial charge is 0.507 e. The molecule has 0 bridgehead atoms. The highest BCUT2D eigenvalue weighted by atomic mass is 19.3. The Morgan fingerprint density at radius 1 is 0.750 bits per heavy atom. The summed E-state index contributed by atoms with van der Waals surface area (Å²) >= 11 is 0. The van der Waals surface area contributed by atoms with Crippen LogP contribution in [-0.4, -0.2) is 33.6 Å². The number of aliphatic hydroxyl groups is 2. The standard InChI is InChI=1S/C12H14F4O4/c1-5-7(11(13,14)3-17)10(20)6(2)8(9(5)19)12(15,16)4-18/h17-20H,3-4H2,1-2H3. The minimum absolute atomic E-state index is 0.685. The second-order valence-electron chi connectivity index (χ2n) is 4.42. The lowest BCUT2D eigenvalue weighted by Gasteiger charge is -2.25. The molecule has 0 saturated carbocycles. The average molecular weight is 298 g/mol. The maximum atomic E-state index is 13.5. The number of aliphatic hydroxyl groups excluding tert-OH is 2. The third-order valence-corrected chi connectivity index (χ3v) is 3.06. The van der Waals surface area contributed by atoms with Crippen molar-refractivity contribution < 1.29 is 38.0 Å². The van der Waals surface area contributed by atoms with Gasteiger partial charge in [-0.05, 0) is 13.8 Å². The Labute approximate surface area is 111 Å². The Balaban J connectivity index is 3.76. The van der Waals surface area contributed by atoms with Crippen LogP contribution in [0.5, 0.6) is 11.5 Å². The lowest BCUT2D eigenvalue weighted by Crippen LogP contribution is -2.24. The highest BCUT2D eigenvalue weighted by molar-refractivity contribution is 5.60. The summed E-state index contributed by atoms with van der Waals surface area (Å²) in [5.41, 5.74) is -3.61. The average Bonchev–Trinajstić information content (AvgIpc) is 2.36. The summed E-state index contributed by atoms with van der Waals surface area (Å²) in [6.45, 7) is -1.50. The van der Waals surface area contributed by atoms with Gasteiger partial charge in [-0.25, -0.2) is 0 Å². The van der Waals surface area contributed by atoms with E-state index in [-0.39, 0.29) is 0 Å². The minimum atomic E-state index is -3.90. The lowest BCUT2D eigenvalue weighted by atomic mass is 9.90. The van der Waals surface area contributed by atoms with Gasteiger partial charge in [0.05, 0.1) is 11.1 Å². The van der Waals surface area contributed by atoms with E-state index in [1.54, 1.807) is 0 Å². The van der Waals surface area contributed by atoms with Crippen molar-refractivity contribution in [1.29, 1.82) is 0 Å². The number of aromatic hydroxyl groups is 2. The predicted molar refractivity (Wildman–Crippen MR) is 61.2 cm³/mol. The van der Waals surface area contributed by atoms with Crippen molar-refractivity contribution in [2.24, 2.45) is 0 Å². The first-order valence-corrected chi connectivity index (χ1v) is 5.54. The summed E-state index contributed by atoms with van der Waals surface area (Å²) in [6.07, 6.45) is 0. The quantitative estimate of drug-likeness (QED) is 0.505. The molecule has 0 unspecified atom stereocenters. The van der Waals surface area contributed by atoms with Gasteiger partial charge in [-0.15, -0.1) is 0 Å². The SMILES string of the molecule is Cc1c(O)c(C(F)(F)CO)c(C)c(O)c1C(F)(F)CO. The molecule has 1 aromatic carbocycles. The fraction of sp³-hybridized carbons (Fsp3) is 0.500. The van der Waals surface area contributed by atoms with Crippen molar-refractivity contribution in [3.8, 4) is 11.5 Å². The summed E-state index contributed by atoms with van der Waals surface area (Å²) < 4.78 is 54.1. The Bertz CT molecular complexity index is 453. The highest BCUT2D eigenvalue weighted by Crippen LogP contribution is 2.48. The molecule has 1 aromatic rings. The minimum Gasteiger partial charge on any atom is -0.507 e. The molecule has 0 fully saturated rings. The highest BCUT2D eigenvalue weighted by Gasteiger charge is 2.43. The zero-order chi connectivity index (χ0) is 15.9. The first kappa shape index (κ1) is 16.5. The molecule has 0 amide bonds. The molecule has 1 rings (SSSR count). The molecule has 114 valence electrons. The molecule has 0 aliphatic rings. The second-order valence-corrected chi connectivity index (χ2v) is 4.42. The van der Waals surface area contributed by atoms with Crippen LogP contribution in [0.25, 0.3) is 0 Å². The Morgan fingerprint density at radius 3 is 1.20 bits per heavy atom. The van der Waals surface area contributed by atoms with E-state index in [4.69, 9.17) is 10.2 Å². The van der Waals surface area contributed by atoms with E-state index in [0.29, 0.717) is 0 Å². The first-order chi connectivity index (χ1) is 9.01. The molecule has 0 aliphatic carbocycles. The smallest absolute Gasteiger partial charge is 0.299 e. The van der Waals surface area contributed by atoms with Crippen molar-refractivity contribution in [2.45, 2.75) is 25.7 Å². The van der Waals surface area contributed by atoms with Crippen LogP contribution in [0, 0.1) is 13.8 Å². The zero-order valence-electron chi connectivity index (χ0n) is 10.7. The van der Waals surface area contributed by atoms with Crippen LogP contribution in [0.1, 0.15) is 22.3 Å². The number of hydrogen-bond acceptors (Lipinski definition) is 4. The summed E-state index contributed by atoms with van der Waals surface area (Å²) in [7, 11) is 0. The lowest BCUT2D eigenvalue weighted by molar-refractivity contribution is -0.0621. The maximum absolute atomic E-state index is 13.5. The molecule has 0 aliphatic heterocycles. The van der Waals surface area contributed by atoms with Gasteiger partial charge in [0.2, 0.25) is 0 Å². The zero-order valence-corrected chi connectivity index (χ0v) is 10.7. The van der Waals surface area contributed by atoms with E-state index in [2.05, 4.69) is 0 Å². The van der Waals surface area contributed by atoms with E-state index in [1.807, 2.05) is 0 Å². The van der Waals surface area contributed by atoms with Crippen LogP contribution in [0.2, 0.25) is 0 Å². The van der Waals surface area contributed by atoms with Gasteiger partial charge < -0.3 is 20.4 Å². The van der Waals surface area contributed by atoms with Crippen LogP contribution >= 0.6 is 0 Å². The molecule has 4 nitrogen and oxygen atoms in total. The summed E-state index contributed by atoms with van der Waals surface area (Å²) in [5.74, 6) is -10.1. The number of phenolic OH excluding ortho intramolecular Hbond substituents is 2. The molecular weight excluding hydrogens is 284 g/mol. The molecule has 0 saturated heterocycles. The molecule has 0 heterocycles. The molecule has 4 N–H and O–H groups in total. The normalized spacial score (nSPS) is 12.8. The molecular formula is C12H14F4O4. The third kappa shape index (κ3) is 2.40. The number of phenols is 2. The van der Waals surface area contributed by atoms with E-state index >= 15 is 0 Å². The molecule has 20 heavy (non-hydrogen) atoms. The van der Waals surface area contributed by atoms with Crippen LogP contribution < -0.4 is 0 Å². The Morgan fingerprint density at radius 2 is 1.00 bits per heavy atom. The van der Waals surface area contributed by atoms with Crippen molar-refractivity contribution in [3.05, 3.63) is 22.3 Å². The summed E-state index contributed by atoms with van der Waals surface area (Å²) in [5, 5.41) is 36.6. The number of rotatable bonds is 4. The fourth-order valence-corrected chi connectivity index (χ4v) is 2.02. The second kappa shape index (κ2) is 5.10. The molecule has 8 heteroatoms. The van der Waals surface area contributed by atoms with Crippen LogP contribution in [-0.2, 0) is 11.8 Å². The van der Waals surface area contributed by atoms with Crippen molar-refractivity contribution in [3.63, 3.8) is 0 Å². The monoisotopic (exact) mass is 298 g/mol. The van der Waals surface area contributed by atoms with E-state index in [1.165, 1.54) is 0 Å². The van der Waals surface area contributed by atoms with Gasteiger partial charge >= 0.3 is 0 Å². The number of hydrogen-bond donors (Lipinski definition) is 4. The van der Waals surface area contributed by atoms with Crippen LogP contribution in [0.3, 0.4) is 0 Å². The van der Waals surface area contributed by atoms with Gasteiger partial charge in [-0.2, -0.15) is 17.6 Å². The Hall–Kier alpha value is -1.54. The van der Waals surface area contributed by atoms with E-state index < -0.39 is 58.8 Å². The summed E-state index contributed by atoms with van der Waals surface area (Å²) in [6, 6.07) is 0. The fourth-order valence-electron chi connectivity index (χ4n) is 2.02. The van der Waals surface area contributed by atoms with E-state index in [9.17, 15) is 27.8 Å². The van der Waals surface area contributed by atoms with Gasteiger partial charge in [-0.3, -0.25) is 0 Å². The van der Waals surface area contributed by atoms with Gasteiger partial charge in [0, 0.05) is 11.1 Å². The van der Waals surface area contributed by atoms with Crippen molar-refractivity contribution >= 4 is 0 Å². The van der Waals surface area contributed by atoms with Gasteiger partial charge in [0.25, 0.3) is 11.8 Å².